The van der Waals surface area contributed by atoms with Crippen molar-refractivity contribution in [3.63, 3.8) is 0 Å². The lowest BCUT2D eigenvalue weighted by molar-refractivity contribution is -0.131. The molecule has 1 aliphatic rings. The minimum Gasteiger partial charge on any atom is -0.390 e. The number of nitrogens with zero attached hydrogens (tertiary/aromatic N) is 4. The molecule has 3 N–H and O–H groups in total. The molecule has 3 heterocycles. The van der Waals surface area contributed by atoms with Crippen molar-refractivity contribution < 1.29 is 14.7 Å². The standard InChI is InChI=1S/C35H42N6O3S/c1-35(2,3)39-34(44)31-22-40(21-25-10-8-16-36-20-25)18-19-41(31)23-32(42)30(24-45-26-11-5-4-6-12-26)38-33(43)28-13-7-15-29-27(28)14-9-17-37-29/h4-17,20,30-32,42H,18-19,21-24H2,1-3H3,(H,38,43)(H,39,44)/t30-,31+,32+/m1/s1. The van der Waals surface area contributed by atoms with Crippen molar-refractivity contribution in [3.05, 3.63) is 103 Å². The number of hydrogen-bond donors (Lipinski definition) is 3. The van der Waals surface area contributed by atoms with Gasteiger partial charge in [-0.1, -0.05) is 36.4 Å². The van der Waals surface area contributed by atoms with Gasteiger partial charge in [-0.3, -0.25) is 29.4 Å². The number of carbonyl (C=O) groups is 2. The molecule has 236 valence electrons. The van der Waals surface area contributed by atoms with Gasteiger partial charge in [0.15, 0.2) is 0 Å². The molecule has 1 saturated heterocycles. The summed E-state index contributed by atoms with van der Waals surface area (Å²) in [4.78, 5) is 41.3. The second kappa shape index (κ2) is 15.0. The van der Waals surface area contributed by atoms with Crippen LogP contribution in [0.4, 0.5) is 0 Å². The highest BCUT2D eigenvalue weighted by atomic mass is 32.2. The number of piperazine rings is 1. The van der Waals surface area contributed by atoms with E-state index in [-0.39, 0.29) is 18.4 Å². The number of rotatable bonds is 11. The van der Waals surface area contributed by atoms with Crippen molar-refractivity contribution >= 4 is 34.5 Å². The van der Waals surface area contributed by atoms with Gasteiger partial charge in [-0.05, 0) is 62.7 Å². The molecule has 1 fully saturated rings. The van der Waals surface area contributed by atoms with E-state index in [1.165, 1.54) is 0 Å². The van der Waals surface area contributed by atoms with Crippen molar-refractivity contribution in [2.75, 3.05) is 31.9 Å². The van der Waals surface area contributed by atoms with Crippen LogP contribution in [0.3, 0.4) is 0 Å². The van der Waals surface area contributed by atoms with Crippen LogP contribution < -0.4 is 10.6 Å². The van der Waals surface area contributed by atoms with Crippen LogP contribution in [0.2, 0.25) is 0 Å². The lowest BCUT2D eigenvalue weighted by Gasteiger charge is -2.43. The zero-order valence-electron chi connectivity index (χ0n) is 26.1. The van der Waals surface area contributed by atoms with Crippen LogP contribution in [0.15, 0.2) is 96.3 Å². The summed E-state index contributed by atoms with van der Waals surface area (Å²) in [6.07, 6.45) is 4.39. The molecule has 1 aliphatic heterocycles. The molecule has 0 saturated carbocycles. The third-order valence-corrected chi connectivity index (χ3v) is 8.90. The molecule has 4 aromatic rings. The fourth-order valence-corrected chi connectivity index (χ4v) is 6.58. The first-order valence-corrected chi connectivity index (χ1v) is 16.3. The van der Waals surface area contributed by atoms with Gasteiger partial charge in [-0.25, -0.2) is 0 Å². The topological polar surface area (TPSA) is 111 Å². The maximum Gasteiger partial charge on any atom is 0.252 e. The Morgan fingerprint density at radius 3 is 2.56 bits per heavy atom. The zero-order valence-corrected chi connectivity index (χ0v) is 26.9. The van der Waals surface area contributed by atoms with Gasteiger partial charge in [-0.15, -0.1) is 11.8 Å². The van der Waals surface area contributed by atoms with Crippen LogP contribution in [0.1, 0.15) is 36.7 Å². The summed E-state index contributed by atoms with van der Waals surface area (Å²) in [5.74, 6) is 0.113. The van der Waals surface area contributed by atoms with Crippen LogP contribution in [0.5, 0.6) is 0 Å². The van der Waals surface area contributed by atoms with E-state index in [2.05, 4.69) is 30.4 Å². The number of aliphatic hydroxyl groups is 1. The van der Waals surface area contributed by atoms with Gasteiger partial charge in [-0.2, -0.15) is 0 Å². The first-order chi connectivity index (χ1) is 21.7. The quantitative estimate of drug-likeness (QED) is 0.215. The van der Waals surface area contributed by atoms with E-state index in [9.17, 15) is 14.7 Å². The summed E-state index contributed by atoms with van der Waals surface area (Å²) in [5, 5.41) is 18.8. The molecule has 10 heteroatoms. The maximum absolute atomic E-state index is 13.7. The number of aromatic nitrogens is 2. The van der Waals surface area contributed by atoms with Crippen LogP contribution in [0.25, 0.3) is 10.9 Å². The summed E-state index contributed by atoms with van der Waals surface area (Å²) in [5.41, 5.74) is 1.93. The van der Waals surface area contributed by atoms with Gasteiger partial charge in [0.2, 0.25) is 5.91 Å². The van der Waals surface area contributed by atoms with E-state index >= 15 is 0 Å². The Morgan fingerprint density at radius 2 is 1.80 bits per heavy atom. The van der Waals surface area contributed by atoms with E-state index in [1.807, 2.05) is 93.7 Å². The second-order valence-corrected chi connectivity index (χ2v) is 13.6. The Hall–Kier alpha value is -3.83. The number of hydrogen-bond acceptors (Lipinski definition) is 8. The van der Waals surface area contributed by atoms with Crippen molar-refractivity contribution in [2.24, 2.45) is 0 Å². The predicted octanol–water partition coefficient (Wildman–Crippen LogP) is 3.98. The van der Waals surface area contributed by atoms with E-state index in [1.54, 1.807) is 30.2 Å². The van der Waals surface area contributed by atoms with Crippen molar-refractivity contribution in [1.29, 1.82) is 0 Å². The van der Waals surface area contributed by atoms with Gasteiger partial charge >= 0.3 is 0 Å². The molecule has 9 nitrogen and oxygen atoms in total. The summed E-state index contributed by atoms with van der Waals surface area (Å²) in [7, 11) is 0. The highest BCUT2D eigenvalue weighted by molar-refractivity contribution is 7.99. The maximum atomic E-state index is 13.7. The van der Waals surface area contributed by atoms with E-state index in [0.29, 0.717) is 31.0 Å². The third kappa shape index (κ3) is 9.11. The highest BCUT2D eigenvalue weighted by Gasteiger charge is 2.36. The number of carbonyl (C=O) groups excluding carboxylic acids is 2. The molecular weight excluding hydrogens is 584 g/mol. The Labute approximate surface area is 269 Å². The summed E-state index contributed by atoms with van der Waals surface area (Å²) < 4.78 is 0. The minimum absolute atomic E-state index is 0.0758. The van der Waals surface area contributed by atoms with E-state index < -0.39 is 23.7 Å². The van der Waals surface area contributed by atoms with Crippen LogP contribution in [-0.4, -0.2) is 92.3 Å². The van der Waals surface area contributed by atoms with Gasteiger partial charge in [0.1, 0.15) is 6.04 Å². The van der Waals surface area contributed by atoms with Crippen LogP contribution in [0, 0.1) is 0 Å². The molecule has 45 heavy (non-hydrogen) atoms. The molecule has 0 radical (unpaired) electrons. The van der Waals surface area contributed by atoms with Gasteiger partial charge in [0.25, 0.3) is 5.91 Å². The number of pyridine rings is 2. The van der Waals surface area contributed by atoms with Crippen molar-refractivity contribution in [3.8, 4) is 0 Å². The molecule has 2 amide bonds. The molecule has 2 aromatic heterocycles. The van der Waals surface area contributed by atoms with Gasteiger partial charge < -0.3 is 15.7 Å². The fourth-order valence-electron chi connectivity index (χ4n) is 5.56. The van der Waals surface area contributed by atoms with Crippen LogP contribution in [-0.2, 0) is 11.3 Å². The molecule has 0 aliphatic carbocycles. The number of aliphatic hydroxyl groups excluding tert-OH is 1. The molecule has 3 atom stereocenters. The lowest BCUT2D eigenvalue weighted by atomic mass is 10.0. The Morgan fingerprint density at radius 1 is 1.00 bits per heavy atom. The number of β-amino-alcohol motifs (C(OH)–C–C–N with tert-alkyl or cyclic N) is 1. The van der Waals surface area contributed by atoms with E-state index in [4.69, 9.17) is 0 Å². The van der Waals surface area contributed by atoms with Crippen LogP contribution >= 0.6 is 11.8 Å². The SMILES string of the molecule is CC(C)(C)NC(=O)[C@@H]1CN(Cc2cccnc2)CCN1C[C@H](O)[C@@H](CSc1ccccc1)NC(=O)c1cccc2ncccc12. The summed E-state index contributed by atoms with van der Waals surface area (Å²) >= 11 is 1.58. The second-order valence-electron chi connectivity index (χ2n) is 12.5. The summed E-state index contributed by atoms with van der Waals surface area (Å²) in [6.45, 7) is 8.68. The molecule has 2 aromatic carbocycles. The lowest BCUT2D eigenvalue weighted by Crippen LogP contribution is -2.63. The number of thioether (sulfide) groups is 1. The number of fused-ring (bicyclic) bond motifs is 1. The molecule has 5 rings (SSSR count). The number of benzene rings is 2. The third-order valence-electron chi connectivity index (χ3n) is 7.77. The number of amides is 2. The average molecular weight is 627 g/mol. The normalized spacial score (nSPS) is 17.5. The minimum atomic E-state index is -0.923. The van der Waals surface area contributed by atoms with Crippen molar-refractivity contribution in [2.45, 2.75) is 55.9 Å². The Bertz CT molecular complexity index is 1560. The number of nitrogens with one attached hydrogen (secondary N) is 2. The summed E-state index contributed by atoms with van der Waals surface area (Å²) in [6, 6.07) is 22.0. The Balaban J connectivity index is 1.34. The molecular formula is C35H42N6O3S. The van der Waals surface area contributed by atoms with Crippen molar-refractivity contribution in [1.82, 2.24) is 30.4 Å². The predicted molar refractivity (Wildman–Crippen MR) is 179 cm³/mol. The zero-order chi connectivity index (χ0) is 31.8. The first kappa shape index (κ1) is 32.6. The monoisotopic (exact) mass is 626 g/mol. The smallest absolute Gasteiger partial charge is 0.252 e. The molecule has 0 bridgehead atoms. The molecule has 0 spiro atoms. The Kier molecular flexibility index (Phi) is 10.8. The molecule has 0 unspecified atom stereocenters. The van der Waals surface area contributed by atoms with Gasteiger partial charge in [0.05, 0.1) is 17.7 Å². The highest BCUT2D eigenvalue weighted by Crippen LogP contribution is 2.22. The first-order valence-electron chi connectivity index (χ1n) is 15.3. The fraction of sp³-hybridized carbons (Fsp3) is 0.371. The van der Waals surface area contributed by atoms with E-state index in [0.717, 1.165) is 27.9 Å². The average Bonchev–Trinajstić information content (AvgIpc) is 3.03. The largest absolute Gasteiger partial charge is 0.390 e. The van der Waals surface area contributed by atoms with Gasteiger partial charge in [0, 0.05) is 78.5 Å².